The van der Waals surface area contributed by atoms with E-state index in [1.54, 1.807) is 6.07 Å². The second kappa shape index (κ2) is 10.1. The minimum Gasteiger partial charge on any atom is -0.449 e. The van der Waals surface area contributed by atoms with Gasteiger partial charge in [0.05, 0.1) is 5.56 Å². The summed E-state index contributed by atoms with van der Waals surface area (Å²) in [5.74, 6) is -0.985. The topological polar surface area (TPSA) is 55.4 Å². The van der Waals surface area contributed by atoms with E-state index in [-0.39, 0.29) is 5.92 Å². The van der Waals surface area contributed by atoms with E-state index in [0.717, 1.165) is 30.2 Å². The van der Waals surface area contributed by atoms with Gasteiger partial charge in [-0.1, -0.05) is 44.2 Å². The van der Waals surface area contributed by atoms with Crippen molar-refractivity contribution < 1.29 is 27.5 Å². The molecule has 1 N–H and O–H groups in total. The van der Waals surface area contributed by atoms with Crippen LogP contribution in [-0.4, -0.2) is 18.0 Å². The molecule has 0 unspecified atom stereocenters. The Morgan fingerprint density at radius 3 is 2.30 bits per heavy atom. The number of halogens is 3. The van der Waals surface area contributed by atoms with Gasteiger partial charge in [-0.2, -0.15) is 13.2 Å². The number of alkyl halides is 3. The lowest BCUT2D eigenvalue weighted by Gasteiger charge is -2.17. The number of rotatable bonds is 7. The Bertz CT molecular complexity index is 905. The molecule has 2 aromatic rings. The van der Waals surface area contributed by atoms with E-state index < -0.39 is 29.7 Å². The summed E-state index contributed by atoms with van der Waals surface area (Å²) in [6.45, 7) is 5.56. The average Bonchev–Trinajstić information content (AvgIpc) is 2.71. The van der Waals surface area contributed by atoms with Crippen molar-refractivity contribution in [1.29, 1.82) is 0 Å². The highest BCUT2D eigenvalue weighted by atomic mass is 19.4. The Balaban J connectivity index is 1.96. The summed E-state index contributed by atoms with van der Waals surface area (Å²) in [7, 11) is 0. The van der Waals surface area contributed by atoms with E-state index in [9.17, 15) is 22.8 Å². The largest absolute Gasteiger partial charge is 0.449 e. The summed E-state index contributed by atoms with van der Waals surface area (Å²) < 4.78 is 42.8. The molecule has 2 rings (SSSR count). The smallest absolute Gasteiger partial charge is 0.416 e. The molecule has 0 aliphatic heterocycles. The Morgan fingerprint density at radius 2 is 1.70 bits per heavy atom. The van der Waals surface area contributed by atoms with Crippen molar-refractivity contribution in [1.82, 2.24) is 0 Å². The number of anilines is 1. The first-order valence-electron chi connectivity index (χ1n) is 9.57. The summed E-state index contributed by atoms with van der Waals surface area (Å²) in [5, 5.41) is 2.78. The van der Waals surface area contributed by atoms with Gasteiger partial charge in [-0.15, -0.1) is 0 Å². The van der Waals surface area contributed by atoms with E-state index in [4.69, 9.17) is 4.74 Å². The maximum Gasteiger partial charge on any atom is 0.416 e. The Kier molecular flexibility index (Phi) is 7.80. The molecule has 0 aliphatic carbocycles. The maximum atomic E-state index is 12.6. The van der Waals surface area contributed by atoms with Gasteiger partial charge in [0, 0.05) is 11.8 Å². The average molecular weight is 419 g/mol. The van der Waals surface area contributed by atoms with Crippen molar-refractivity contribution in [3.8, 4) is 0 Å². The van der Waals surface area contributed by atoms with E-state index in [0.29, 0.717) is 11.3 Å². The lowest BCUT2D eigenvalue weighted by molar-refractivity contribution is -0.148. The summed E-state index contributed by atoms with van der Waals surface area (Å²) >= 11 is 0. The molecule has 0 heterocycles. The number of hydrogen-bond acceptors (Lipinski definition) is 3. The van der Waals surface area contributed by atoms with Crippen molar-refractivity contribution in [3.63, 3.8) is 0 Å². The fraction of sp³-hybridized carbons (Fsp3) is 0.304. The molecule has 1 amide bonds. The number of ether oxygens (including phenoxy) is 1. The molecule has 0 aromatic heterocycles. The van der Waals surface area contributed by atoms with Crippen LogP contribution in [0.15, 0.2) is 54.6 Å². The maximum absolute atomic E-state index is 12.6. The SMILES string of the molecule is CC[C@H](C)c1ccccc1NC(=O)[C@H](C)OC(=O)/C=C/c1ccc(C(F)(F)F)cc1. The number of carbonyl (C=O) groups excluding carboxylic acids is 2. The molecule has 2 atom stereocenters. The molecule has 0 saturated heterocycles. The van der Waals surface area contributed by atoms with E-state index in [1.807, 2.05) is 18.2 Å². The first-order valence-corrected chi connectivity index (χ1v) is 9.57. The summed E-state index contributed by atoms with van der Waals surface area (Å²) in [5.41, 5.74) is 1.29. The number of hydrogen-bond donors (Lipinski definition) is 1. The Hall–Kier alpha value is -3.09. The van der Waals surface area contributed by atoms with E-state index in [1.165, 1.54) is 25.1 Å². The van der Waals surface area contributed by atoms with Gasteiger partial charge < -0.3 is 10.1 Å². The number of amides is 1. The second-order valence-corrected chi connectivity index (χ2v) is 6.92. The molecule has 0 saturated carbocycles. The van der Waals surface area contributed by atoms with Crippen LogP contribution in [-0.2, 0) is 20.5 Å². The van der Waals surface area contributed by atoms with Crippen LogP contribution < -0.4 is 5.32 Å². The third-order valence-electron chi connectivity index (χ3n) is 4.67. The van der Waals surface area contributed by atoms with Crippen LogP contribution in [0.4, 0.5) is 18.9 Å². The fourth-order valence-electron chi connectivity index (χ4n) is 2.71. The Morgan fingerprint density at radius 1 is 1.07 bits per heavy atom. The number of carbonyl (C=O) groups is 2. The fourth-order valence-corrected chi connectivity index (χ4v) is 2.71. The second-order valence-electron chi connectivity index (χ2n) is 6.92. The molecule has 2 aromatic carbocycles. The van der Waals surface area contributed by atoms with Crippen molar-refractivity contribution in [2.24, 2.45) is 0 Å². The lowest BCUT2D eigenvalue weighted by Crippen LogP contribution is -2.29. The van der Waals surface area contributed by atoms with Gasteiger partial charge in [-0.25, -0.2) is 4.79 Å². The third-order valence-corrected chi connectivity index (χ3v) is 4.67. The molecule has 0 spiro atoms. The number of para-hydroxylation sites is 1. The molecular formula is C23H24F3NO3. The van der Waals surface area contributed by atoms with Crippen molar-refractivity contribution in [2.45, 2.75) is 45.4 Å². The Labute approximate surface area is 173 Å². The predicted molar refractivity (Wildman–Crippen MR) is 110 cm³/mol. The molecule has 0 fully saturated rings. The molecule has 0 aliphatic rings. The molecular weight excluding hydrogens is 395 g/mol. The highest BCUT2D eigenvalue weighted by Crippen LogP contribution is 2.29. The van der Waals surface area contributed by atoms with Crippen molar-refractivity contribution >= 4 is 23.6 Å². The van der Waals surface area contributed by atoms with Gasteiger partial charge in [0.1, 0.15) is 0 Å². The minimum absolute atomic E-state index is 0.256. The quantitative estimate of drug-likeness (QED) is 0.456. The van der Waals surface area contributed by atoms with E-state index >= 15 is 0 Å². The summed E-state index contributed by atoms with van der Waals surface area (Å²) in [6, 6.07) is 11.8. The van der Waals surface area contributed by atoms with E-state index in [2.05, 4.69) is 19.2 Å². The molecule has 0 radical (unpaired) electrons. The van der Waals surface area contributed by atoms with Gasteiger partial charge in [0.15, 0.2) is 6.10 Å². The zero-order valence-corrected chi connectivity index (χ0v) is 17.0. The van der Waals surface area contributed by atoms with Crippen molar-refractivity contribution in [2.75, 3.05) is 5.32 Å². The standard InChI is InChI=1S/C23H24F3NO3/c1-4-15(2)19-7-5-6-8-20(19)27-22(29)16(3)30-21(28)14-11-17-9-12-18(13-10-17)23(24,25)26/h5-16H,4H2,1-3H3,(H,27,29)/b14-11+/t15-,16-/m0/s1. The molecule has 0 bridgehead atoms. The van der Waals surface area contributed by atoms with Gasteiger partial charge in [0.25, 0.3) is 5.91 Å². The van der Waals surface area contributed by atoms with Crippen molar-refractivity contribution in [3.05, 3.63) is 71.3 Å². The van der Waals surface area contributed by atoms with Crippen LogP contribution in [0.25, 0.3) is 6.08 Å². The highest BCUT2D eigenvalue weighted by molar-refractivity contribution is 5.97. The first-order chi connectivity index (χ1) is 14.1. The van der Waals surface area contributed by atoms with Crippen LogP contribution in [0, 0.1) is 0 Å². The molecule has 160 valence electrons. The zero-order valence-electron chi connectivity index (χ0n) is 17.0. The molecule has 30 heavy (non-hydrogen) atoms. The van der Waals surface area contributed by atoms with Crippen LogP contribution in [0.3, 0.4) is 0 Å². The van der Waals surface area contributed by atoms with Gasteiger partial charge in [0.2, 0.25) is 0 Å². The van der Waals surface area contributed by atoms with Crippen LogP contribution in [0.5, 0.6) is 0 Å². The van der Waals surface area contributed by atoms with Crippen LogP contribution >= 0.6 is 0 Å². The normalized spacial score (nSPS) is 13.7. The lowest BCUT2D eigenvalue weighted by atomic mass is 9.97. The third kappa shape index (κ3) is 6.47. The summed E-state index contributed by atoms with van der Waals surface area (Å²) in [6.07, 6.45) is -2.16. The van der Waals surface area contributed by atoms with Crippen LogP contribution in [0.1, 0.15) is 49.8 Å². The molecule has 7 heteroatoms. The highest BCUT2D eigenvalue weighted by Gasteiger charge is 2.29. The number of benzene rings is 2. The zero-order chi connectivity index (χ0) is 22.3. The first kappa shape index (κ1) is 23.2. The summed E-state index contributed by atoms with van der Waals surface area (Å²) in [4.78, 5) is 24.4. The monoisotopic (exact) mass is 419 g/mol. The minimum atomic E-state index is -4.42. The van der Waals surface area contributed by atoms with Gasteiger partial charge in [-0.3, -0.25) is 4.79 Å². The number of esters is 1. The number of nitrogens with one attached hydrogen (secondary N) is 1. The van der Waals surface area contributed by atoms with Gasteiger partial charge >= 0.3 is 12.1 Å². The van der Waals surface area contributed by atoms with Crippen LogP contribution in [0.2, 0.25) is 0 Å². The predicted octanol–water partition coefficient (Wildman–Crippen LogP) is 5.80. The van der Waals surface area contributed by atoms with Gasteiger partial charge in [-0.05, 0) is 54.7 Å². The molecule has 4 nitrogen and oxygen atoms in total.